The highest BCUT2D eigenvalue weighted by atomic mass is 32.2. The third-order valence-corrected chi connectivity index (χ3v) is 5.21. The Labute approximate surface area is 110 Å². The lowest BCUT2D eigenvalue weighted by Gasteiger charge is -2.38. The second-order valence-electron chi connectivity index (χ2n) is 6.11. The Bertz CT molecular complexity index is 277. The molecule has 1 unspecified atom stereocenters. The Morgan fingerprint density at radius 3 is 2.94 bits per heavy atom. The third kappa shape index (κ3) is 3.99. The highest BCUT2D eigenvalue weighted by molar-refractivity contribution is 8.00. The quantitative estimate of drug-likeness (QED) is 0.708. The SMILES string of the molecule is CC1(C)CN(CC2CCCCCC2=O)CCS1. The molecule has 17 heavy (non-hydrogen) atoms. The van der Waals surface area contributed by atoms with Gasteiger partial charge < -0.3 is 4.90 Å². The summed E-state index contributed by atoms with van der Waals surface area (Å²) in [4.78, 5) is 14.5. The van der Waals surface area contributed by atoms with Crippen molar-refractivity contribution in [2.24, 2.45) is 5.92 Å². The zero-order valence-electron chi connectivity index (χ0n) is 11.2. The van der Waals surface area contributed by atoms with Crippen LogP contribution in [0.5, 0.6) is 0 Å². The van der Waals surface area contributed by atoms with Gasteiger partial charge in [-0.1, -0.05) is 12.8 Å². The van der Waals surface area contributed by atoms with Crippen molar-refractivity contribution in [3.63, 3.8) is 0 Å². The van der Waals surface area contributed by atoms with Crippen molar-refractivity contribution in [2.75, 3.05) is 25.4 Å². The van der Waals surface area contributed by atoms with E-state index in [-0.39, 0.29) is 0 Å². The van der Waals surface area contributed by atoms with Gasteiger partial charge in [-0.05, 0) is 26.7 Å². The second-order valence-corrected chi connectivity index (χ2v) is 7.91. The van der Waals surface area contributed by atoms with Gasteiger partial charge in [-0.3, -0.25) is 4.79 Å². The molecule has 0 radical (unpaired) electrons. The lowest BCUT2D eigenvalue weighted by molar-refractivity contribution is -0.123. The molecule has 1 aliphatic heterocycles. The minimum Gasteiger partial charge on any atom is -0.300 e. The summed E-state index contributed by atoms with van der Waals surface area (Å²) < 4.78 is 0.367. The number of ketones is 1. The lowest BCUT2D eigenvalue weighted by Crippen LogP contribution is -2.45. The standard InChI is InChI=1S/C14H25NOS/c1-14(2)11-15(8-9-17-14)10-12-6-4-3-5-7-13(12)16/h12H,3-11H2,1-2H3. The summed E-state index contributed by atoms with van der Waals surface area (Å²) in [5, 5.41) is 0. The van der Waals surface area contributed by atoms with Gasteiger partial charge in [0.2, 0.25) is 0 Å². The first kappa shape index (κ1) is 13.4. The number of nitrogens with zero attached hydrogens (tertiary/aromatic N) is 1. The first-order valence-corrected chi connectivity index (χ1v) is 7.94. The van der Waals surface area contributed by atoms with E-state index in [2.05, 4.69) is 30.5 Å². The van der Waals surface area contributed by atoms with Crippen molar-refractivity contribution in [3.8, 4) is 0 Å². The number of thioether (sulfide) groups is 1. The van der Waals surface area contributed by atoms with Crippen LogP contribution in [0.3, 0.4) is 0 Å². The van der Waals surface area contributed by atoms with Crippen LogP contribution in [-0.4, -0.2) is 40.8 Å². The maximum atomic E-state index is 12.0. The molecule has 0 amide bonds. The Morgan fingerprint density at radius 1 is 1.35 bits per heavy atom. The van der Waals surface area contributed by atoms with Crippen LogP contribution >= 0.6 is 11.8 Å². The molecule has 1 saturated heterocycles. The van der Waals surface area contributed by atoms with Gasteiger partial charge in [-0.25, -0.2) is 0 Å². The van der Waals surface area contributed by atoms with Crippen LogP contribution in [0, 0.1) is 5.92 Å². The average Bonchev–Trinajstić information content (AvgIpc) is 2.43. The van der Waals surface area contributed by atoms with E-state index in [0.29, 0.717) is 16.4 Å². The monoisotopic (exact) mass is 255 g/mol. The molecule has 0 bridgehead atoms. The molecule has 0 spiro atoms. The maximum Gasteiger partial charge on any atom is 0.137 e. The number of Topliss-reactive ketones (excluding diaryl/α,β-unsaturated/α-hetero) is 1. The molecule has 0 aromatic rings. The highest BCUT2D eigenvalue weighted by Gasteiger charge is 2.30. The van der Waals surface area contributed by atoms with Crippen molar-refractivity contribution >= 4 is 17.5 Å². The van der Waals surface area contributed by atoms with Crippen molar-refractivity contribution in [2.45, 2.75) is 50.7 Å². The molecule has 2 fully saturated rings. The number of hydrogen-bond acceptors (Lipinski definition) is 3. The highest BCUT2D eigenvalue weighted by Crippen LogP contribution is 2.30. The fourth-order valence-corrected chi connectivity index (χ4v) is 4.18. The summed E-state index contributed by atoms with van der Waals surface area (Å²) in [6.07, 6.45) is 5.59. The van der Waals surface area contributed by atoms with Gasteiger partial charge in [0.25, 0.3) is 0 Å². The predicted molar refractivity (Wildman–Crippen MR) is 74.6 cm³/mol. The minimum atomic E-state index is 0.330. The number of rotatable bonds is 2. The number of hydrogen-bond donors (Lipinski definition) is 0. The van der Waals surface area contributed by atoms with Gasteiger partial charge in [0.1, 0.15) is 5.78 Å². The summed E-state index contributed by atoms with van der Waals surface area (Å²) in [6.45, 7) is 7.96. The topological polar surface area (TPSA) is 20.3 Å². The van der Waals surface area contributed by atoms with Gasteiger partial charge in [-0.2, -0.15) is 11.8 Å². The van der Waals surface area contributed by atoms with Crippen LogP contribution in [0.25, 0.3) is 0 Å². The molecule has 98 valence electrons. The Balaban J connectivity index is 1.88. The molecule has 1 aliphatic carbocycles. The summed E-state index contributed by atoms with van der Waals surface area (Å²) in [5.74, 6) is 2.07. The molecule has 0 aromatic carbocycles. The molecular formula is C14H25NOS. The van der Waals surface area contributed by atoms with Crippen molar-refractivity contribution < 1.29 is 4.79 Å². The predicted octanol–water partition coefficient (Wildman–Crippen LogP) is 2.96. The summed E-state index contributed by atoms with van der Waals surface area (Å²) in [6, 6.07) is 0. The summed E-state index contributed by atoms with van der Waals surface area (Å²) in [7, 11) is 0. The normalized spacial score (nSPS) is 31.2. The van der Waals surface area contributed by atoms with Gasteiger partial charge in [-0.15, -0.1) is 0 Å². The van der Waals surface area contributed by atoms with E-state index in [0.717, 1.165) is 38.9 Å². The fraction of sp³-hybridized carbons (Fsp3) is 0.929. The molecular weight excluding hydrogens is 230 g/mol. The van der Waals surface area contributed by atoms with E-state index < -0.39 is 0 Å². The molecule has 0 aromatic heterocycles. The maximum absolute atomic E-state index is 12.0. The van der Waals surface area contributed by atoms with Crippen LogP contribution in [-0.2, 0) is 4.79 Å². The lowest BCUT2D eigenvalue weighted by atomic mass is 9.98. The molecule has 3 heteroatoms. The molecule has 0 N–H and O–H groups in total. The van der Waals surface area contributed by atoms with Crippen LogP contribution in [0.4, 0.5) is 0 Å². The average molecular weight is 255 g/mol. The Kier molecular flexibility index (Phi) is 4.53. The van der Waals surface area contributed by atoms with Gasteiger partial charge in [0.15, 0.2) is 0 Å². The van der Waals surface area contributed by atoms with E-state index in [4.69, 9.17) is 0 Å². The second kappa shape index (κ2) is 5.75. The van der Waals surface area contributed by atoms with Gasteiger partial charge in [0.05, 0.1) is 0 Å². The Hall–Kier alpha value is -0.0200. The smallest absolute Gasteiger partial charge is 0.137 e. The van der Waals surface area contributed by atoms with E-state index in [9.17, 15) is 4.79 Å². The van der Waals surface area contributed by atoms with Crippen molar-refractivity contribution in [1.29, 1.82) is 0 Å². The molecule has 2 aliphatic rings. The van der Waals surface area contributed by atoms with Crippen LogP contribution < -0.4 is 0 Å². The minimum absolute atomic E-state index is 0.330. The van der Waals surface area contributed by atoms with E-state index >= 15 is 0 Å². The van der Waals surface area contributed by atoms with E-state index in [1.54, 1.807) is 0 Å². The largest absolute Gasteiger partial charge is 0.300 e. The number of carbonyl (C=O) groups excluding carboxylic acids is 1. The summed E-state index contributed by atoms with van der Waals surface area (Å²) >= 11 is 2.06. The Morgan fingerprint density at radius 2 is 2.18 bits per heavy atom. The van der Waals surface area contributed by atoms with Crippen molar-refractivity contribution in [3.05, 3.63) is 0 Å². The summed E-state index contributed by atoms with van der Waals surface area (Å²) in [5.41, 5.74) is 0. The fourth-order valence-electron chi connectivity index (χ4n) is 3.01. The van der Waals surface area contributed by atoms with Crippen molar-refractivity contribution in [1.82, 2.24) is 4.90 Å². The molecule has 2 nitrogen and oxygen atoms in total. The van der Waals surface area contributed by atoms with E-state index in [1.807, 2.05) is 0 Å². The van der Waals surface area contributed by atoms with Crippen LogP contribution in [0.2, 0.25) is 0 Å². The third-order valence-electron chi connectivity index (χ3n) is 3.91. The molecule has 1 heterocycles. The van der Waals surface area contributed by atoms with Gasteiger partial charge in [0, 0.05) is 42.5 Å². The van der Waals surface area contributed by atoms with Crippen LogP contribution in [0.15, 0.2) is 0 Å². The zero-order chi connectivity index (χ0) is 12.3. The van der Waals surface area contributed by atoms with Gasteiger partial charge >= 0.3 is 0 Å². The molecule has 1 atom stereocenters. The number of carbonyl (C=O) groups is 1. The van der Waals surface area contributed by atoms with E-state index in [1.165, 1.54) is 18.6 Å². The van der Waals surface area contributed by atoms with Crippen LogP contribution in [0.1, 0.15) is 46.0 Å². The molecule has 1 saturated carbocycles. The first-order chi connectivity index (χ1) is 8.07. The first-order valence-electron chi connectivity index (χ1n) is 6.96. The zero-order valence-corrected chi connectivity index (χ0v) is 12.0. The molecule has 2 rings (SSSR count).